The lowest BCUT2D eigenvalue weighted by Gasteiger charge is -2.17. The van der Waals surface area contributed by atoms with E-state index in [1.807, 2.05) is 24.7 Å². The first-order valence-corrected chi connectivity index (χ1v) is 11.6. The molecule has 0 spiro atoms. The summed E-state index contributed by atoms with van der Waals surface area (Å²) < 4.78 is 2.19. The molecule has 2 aromatic carbocycles. The zero-order valence-corrected chi connectivity index (χ0v) is 18.7. The van der Waals surface area contributed by atoms with Crippen LogP contribution in [-0.4, -0.2) is 26.5 Å². The summed E-state index contributed by atoms with van der Waals surface area (Å²) in [5.74, 6) is 1.11. The number of anilines is 1. The SMILES string of the molecule is CC(=O)Nc1ccc(CCCSC(CCc2ccc(C)cc2)Cn2ccnc2)cc1. The molecule has 0 aliphatic heterocycles. The fraction of sp³-hybridized carbons (Fsp3) is 0.360. The van der Waals surface area contributed by atoms with Crippen LogP contribution in [0.3, 0.4) is 0 Å². The summed E-state index contributed by atoms with van der Waals surface area (Å²) in [5, 5.41) is 3.39. The van der Waals surface area contributed by atoms with Gasteiger partial charge in [-0.25, -0.2) is 4.98 Å². The summed E-state index contributed by atoms with van der Waals surface area (Å²) in [6, 6.07) is 17.1. The molecule has 1 heterocycles. The smallest absolute Gasteiger partial charge is 0.221 e. The maximum atomic E-state index is 11.1. The highest BCUT2D eigenvalue weighted by molar-refractivity contribution is 7.99. The van der Waals surface area contributed by atoms with Crippen LogP contribution < -0.4 is 5.32 Å². The van der Waals surface area contributed by atoms with Crippen molar-refractivity contribution in [1.29, 1.82) is 0 Å². The molecule has 1 unspecified atom stereocenters. The standard InChI is InChI=1S/C25H31N3OS/c1-20-5-7-23(8-6-20)11-14-25(18-28-16-15-26-19-28)30-17-3-4-22-9-12-24(13-10-22)27-21(2)29/h5-10,12-13,15-16,19,25H,3-4,11,14,17-18H2,1-2H3,(H,27,29). The molecule has 0 bridgehead atoms. The molecule has 0 fully saturated rings. The average molecular weight is 422 g/mol. The Hall–Kier alpha value is -2.53. The van der Waals surface area contributed by atoms with Gasteiger partial charge in [0.1, 0.15) is 0 Å². The lowest BCUT2D eigenvalue weighted by Crippen LogP contribution is -2.14. The molecular weight excluding hydrogens is 390 g/mol. The van der Waals surface area contributed by atoms with Crippen LogP contribution in [0, 0.1) is 6.92 Å². The first-order chi connectivity index (χ1) is 14.6. The van der Waals surface area contributed by atoms with Crippen LogP contribution in [0.1, 0.15) is 36.5 Å². The summed E-state index contributed by atoms with van der Waals surface area (Å²) >= 11 is 2.07. The monoisotopic (exact) mass is 421 g/mol. The second-order valence-corrected chi connectivity index (χ2v) is 9.17. The largest absolute Gasteiger partial charge is 0.336 e. The van der Waals surface area contributed by atoms with Crippen molar-refractivity contribution in [2.45, 2.75) is 51.3 Å². The summed E-state index contributed by atoms with van der Waals surface area (Å²) in [6.45, 7) is 4.67. The molecule has 1 aromatic heterocycles. The van der Waals surface area contributed by atoms with Crippen LogP contribution in [0.4, 0.5) is 5.69 Å². The average Bonchev–Trinajstić information content (AvgIpc) is 3.24. The number of benzene rings is 2. The number of hydrogen-bond donors (Lipinski definition) is 1. The van der Waals surface area contributed by atoms with Gasteiger partial charge in [-0.1, -0.05) is 42.0 Å². The normalized spacial score (nSPS) is 11.9. The lowest BCUT2D eigenvalue weighted by atomic mass is 10.1. The first-order valence-electron chi connectivity index (χ1n) is 10.6. The van der Waals surface area contributed by atoms with E-state index in [1.165, 1.54) is 23.6 Å². The Kier molecular flexibility index (Phi) is 8.57. The Bertz CT molecular complexity index is 889. The molecule has 0 radical (unpaired) electrons. The number of thioether (sulfide) groups is 1. The van der Waals surface area contributed by atoms with Crippen molar-refractivity contribution in [3.8, 4) is 0 Å². The third-order valence-electron chi connectivity index (χ3n) is 5.09. The second-order valence-electron chi connectivity index (χ2n) is 7.76. The Morgan fingerprint density at radius 1 is 1.07 bits per heavy atom. The number of aryl methyl sites for hydroxylation is 3. The summed E-state index contributed by atoms with van der Waals surface area (Å²) in [4.78, 5) is 15.3. The van der Waals surface area contributed by atoms with Crippen molar-refractivity contribution in [1.82, 2.24) is 9.55 Å². The van der Waals surface area contributed by atoms with Crippen molar-refractivity contribution >= 4 is 23.4 Å². The zero-order valence-electron chi connectivity index (χ0n) is 17.9. The predicted octanol–water partition coefficient (Wildman–Crippen LogP) is 5.52. The van der Waals surface area contributed by atoms with Crippen LogP contribution >= 0.6 is 11.8 Å². The van der Waals surface area contributed by atoms with Crippen molar-refractivity contribution in [2.24, 2.45) is 0 Å². The lowest BCUT2D eigenvalue weighted by molar-refractivity contribution is -0.114. The van der Waals surface area contributed by atoms with Crippen LogP contribution in [0.25, 0.3) is 0 Å². The quantitative estimate of drug-likeness (QED) is 0.415. The number of imidazole rings is 1. The minimum atomic E-state index is -0.0336. The number of aromatic nitrogens is 2. The minimum Gasteiger partial charge on any atom is -0.336 e. The third kappa shape index (κ3) is 7.71. The van der Waals surface area contributed by atoms with Crippen LogP contribution in [-0.2, 0) is 24.2 Å². The van der Waals surface area contributed by atoms with Gasteiger partial charge >= 0.3 is 0 Å². The van der Waals surface area contributed by atoms with Crippen LogP contribution in [0.5, 0.6) is 0 Å². The Morgan fingerprint density at radius 2 is 1.77 bits per heavy atom. The molecule has 1 atom stereocenters. The van der Waals surface area contributed by atoms with E-state index < -0.39 is 0 Å². The van der Waals surface area contributed by atoms with E-state index in [9.17, 15) is 4.79 Å². The van der Waals surface area contributed by atoms with Gasteiger partial charge in [-0.3, -0.25) is 4.79 Å². The third-order valence-corrected chi connectivity index (χ3v) is 6.47. The maximum Gasteiger partial charge on any atom is 0.221 e. The molecule has 3 rings (SSSR count). The summed E-state index contributed by atoms with van der Waals surface area (Å²) in [6.07, 6.45) is 10.3. The van der Waals surface area contributed by atoms with E-state index >= 15 is 0 Å². The van der Waals surface area contributed by atoms with Crippen molar-refractivity contribution in [3.63, 3.8) is 0 Å². The molecule has 0 saturated carbocycles. The zero-order chi connectivity index (χ0) is 21.2. The molecule has 30 heavy (non-hydrogen) atoms. The van der Waals surface area contributed by atoms with Crippen molar-refractivity contribution in [3.05, 3.63) is 83.9 Å². The number of rotatable bonds is 11. The highest BCUT2D eigenvalue weighted by Gasteiger charge is 2.11. The number of hydrogen-bond acceptors (Lipinski definition) is 3. The van der Waals surface area contributed by atoms with Gasteiger partial charge in [0.15, 0.2) is 0 Å². The molecule has 5 heteroatoms. The molecule has 158 valence electrons. The van der Waals surface area contributed by atoms with Gasteiger partial charge in [0.05, 0.1) is 6.33 Å². The highest BCUT2D eigenvalue weighted by Crippen LogP contribution is 2.22. The maximum absolute atomic E-state index is 11.1. The minimum absolute atomic E-state index is 0.0336. The Morgan fingerprint density at radius 3 is 2.43 bits per heavy atom. The topological polar surface area (TPSA) is 46.9 Å². The molecule has 0 saturated heterocycles. The molecular formula is C25H31N3OS. The van der Waals surface area contributed by atoms with Crippen molar-refractivity contribution < 1.29 is 4.79 Å². The predicted molar refractivity (Wildman–Crippen MR) is 127 cm³/mol. The van der Waals surface area contributed by atoms with E-state index in [0.29, 0.717) is 5.25 Å². The van der Waals surface area contributed by atoms with Gasteiger partial charge < -0.3 is 9.88 Å². The highest BCUT2D eigenvalue weighted by atomic mass is 32.2. The van der Waals surface area contributed by atoms with Crippen LogP contribution in [0.2, 0.25) is 0 Å². The first kappa shape index (κ1) is 22.2. The van der Waals surface area contributed by atoms with Gasteiger partial charge in [-0.15, -0.1) is 0 Å². The molecule has 0 aliphatic carbocycles. The fourth-order valence-corrected chi connectivity index (χ4v) is 4.63. The number of nitrogens with zero attached hydrogens (tertiary/aromatic N) is 2. The van der Waals surface area contributed by atoms with E-state index in [-0.39, 0.29) is 5.91 Å². The summed E-state index contributed by atoms with van der Waals surface area (Å²) in [7, 11) is 0. The van der Waals surface area contributed by atoms with E-state index in [2.05, 4.69) is 76.1 Å². The van der Waals surface area contributed by atoms with Gasteiger partial charge in [0, 0.05) is 36.8 Å². The second kappa shape index (κ2) is 11.6. The number of carbonyl (C=O) groups is 1. The molecule has 1 amide bonds. The molecule has 3 aromatic rings. The molecule has 4 nitrogen and oxygen atoms in total. The van der Waals surface area contributed by atoms with E-state index in [1.54, 1.807) is 0 Å². The van der Waals surface area contributed by atoms with Gasteiger partial charge in [-0.2, -0.15) is 11.8 Å². The summed E-state index contributed by atoms with van der Waals surface area (Å²) in [5.41, 5.74) is 4.90. The molecule has 1 N–H and O–H groups in total. The fourth-order valence-electron chi connectivity index (χ4n) is 3.42. The van der Waals surface area contributed by atoms with Crippen LogP contribution in [0.15, 0.2) is 67.3 Å². The van der Waals surface area contributed by atoms with Gasteiger partial charge in [-0.05, 0) is 61.6 Å². The van der Waals surface area contributed by atoms with E-state index in [0.717, 1.165) is 43.7 Å². The number of nitrogens with one attached hydrogen (secondary N) is 1. The van der Waals surface area contributed by atoms with Gasteiger partial charge in [0.2, 0.25) is 5.91 Å². The van der Waals surface area contributed by atoms with Gasteiger partial charge in [0.25, 0.3) is 0 Å². The van der Waals surface area contributed by atoms with Crippen molar-refractivity contribution in [2.75, 3.05) is 11.1 Å². The number of carbonyl (C=O) groups excluding carboxylic acids is 1. The molecule has 0 aliphatic rings. The number of amides is 1. The Balaban J connectivity index is 1.46. The Labute approximate surface area is 184 Å². The van der Waals surface area contributed by atoms with E-state index in [4.69, 9.17) is 0 Å².